The summed E-state index contributed by atoms with van der Waals surface area (Å²) in [5, 5.41) is 13.5. The van der Waals surface area contributed by atoms with Crippen LogP contribution in [0.5, 0.6) is 0 Å². The SMILES string of the molecule is N=C(C(N)=O)c1ccccc1NCC(=O)N1CCOC[C@H]1C(=O)Nc1cccc(Br)n1. The van der Waals surface area contributed by atoms with Gasteiger partial charge in [-0.25, -0.2) is 4.98 Å². The number of nitrogens with zero attached hydrogens (tertiary/aromatic N) is 2. The van der Waals surface area contributed by atoms with Crippen molar-refractivity contribution in [3.8, 4) is 0 Å². The average molecular weight is 489 g/mol. The molecule has 0 aliphatic carbocycles. The maximum Gasteiger partial charge on any atom is 0.267 e. The summed E-state index contributed by atoms with van der Waals surface area (Å²) in [6, 6.07) is 10.9. The van der Waals surface area contributed by atoms with Gasteiger partial charge in [-0.15, -0.1) is 0 Å². The van der Waals surface area contributed by atoms with Crippen LogP contribution in [0, 0.1) is 5.41 Å². The number of primary amides is 1. The van der Waals surface area contributed by atoms with Gasteiger partial charge in [0.25, 0.3) is 11.8 Å². The van der Waals surface area contributed by atoms with Crippen molar-refractivity contribution in [2.24, 2.45) is 5.73 Å². The highest BCUT2D eigenvalue weighted by Crippen LogP contribution is 2.17. The highest BCUT2D eigenvalue weighted by atomic mass is 79.9. The van der Waals surface area contributed by atoms with Gasteiger partial charge >= 0.3 is 0 Å². The molecule has 1 aliphatic rings. The molecule has 1 saturated heterocycles. The molecule has 0 spiro atoms. The van der Waals surface area contributed by atoms with Crippen molar-refractivity contribution in [3.63, 3.8) is 0 Å². The van der Waals surface area contributed by atoms with Gasteiger partial charge in [-0.1, -0.05) is 24.3 Å². The minimum atomic E-state index is -0.869. The second kappa shape index (κ2) is 10.1. The number of amides is 3. The summed E-state index contributed by atoms with van der Waals surface area (Å²) in [5.41, 5.74) is 5.56. The molecule has 2 aromatic rings. The molecule has 3 amide bonds. The average Bonchev–Trinajstić information content (AvgIpc) is 2.77. The summed E-state index contributed by atoms with van der Waals surface area (Å²) in [6.07, 6.45) is 0. The molecular formula is C20H21BrN6O4. The first-order chi connectivity index (χ1) is 14.9. The number of hydrogen-bond acceptors (Lipinski definition) is 7. The Morgan fingerprint density at radius 1 is 1.23 bits per heavy atom. The quantitative estimate of drug-likeness (QED) is 0.336. The van der Waals surface area contributed by atoms with Gasteiger partial charge in [0.1, 0.15) is 22.2 Å². The molecule has 1 aliphatic heterocycles. The van der Waals surface area contributed by atoms with Gasteiger partial charge < -0.3 is 26.0 Å². The van der Waals surface area contributed by atoms with Crippen molar-refractivity contribution in [1.29, 1.82) is 5.41 Å². The van der Waals surface area contributed by atoms with E-state index in [1.807, 2.05) is 0 Å². The van der Waals surface area contributed by atoms with Crippen LogP contribution in [0.4, 0.5) is 11.5 Å². The van der Waals surface area contributed by atoms with Gasteiger partial charge in [0.2, 0.25) is 5.91 Å². The highest BCUT2D eigenvalue weighted by Gasteiger charge is 2.33. The number of nitrogens with two attached hydrogens (primary N) is 1. The van der Waals surface area contributed by atoms with Crippen LogP contribution >= 0.6 is 15.9 Å². The third kappa shape index (κ3) is 5.64. The second-order valence-electron chi connectivity index (χ2n) is 6.65. The fraction of sp³-hybridized carbons (Fsp3) is 0.250. The summed E-state index contributed by atoms with van der Waals surface area (Å²) in [6.45, 7) is 0.493. The number of para-hydroxylation sites is 1. The molecular weight excluding hydrogens is 468 g/mol. The van der Waals surface area contributed by atoms with Crippen LogP contribution in [0.2, 0.25) is 0 Å². The van der Waals surface area contributed by atoms with Crippen LogP contribution in [-0.2, 0) is 19.1 Å². The van der Waals surface area contributed by atoms with Crippen molar-refractivity contribution < 1.29 is 19.1 Å². The van der Waals surface area contributed by atoms with Crippen molar-refractivity contribution in [1.82, 2.24) is 9.88 Å². The number of anilines is 2. The number of morpholine rings is 1. The van der Waals surface area contributed by atoms with E-state index in [-0.39, 0.29) is 31.3 Å². The van der Waals surface area contributed by atoms with E-state index in [0.717, 1.165) is 0 Å². The second-order valence-corrected chi connectivity index (χ2v) is 7.46. The molecule has 2 heterocycles. The molecule has 0 unspecified atom stereocenters. The van der Waals surface area contributed by atoms with Crippen molar-refractivity contribution >= 4 is 50.9 Å². The lowest BCUT2D eigenvalue weighted by Gasteiger charge is -2.34. The number of halogens is 1. The van der Waals surface area contributed by atoms with Gasteiger partial charge in [0.15, 0.2) is 0 Å². The van der Waals surface area contributed by atoms with E-state index in [9.17, 15) is 14.4 Å². The number of aromatic nitrogens is 1. The Balaban J connectivity index is 1.68. The molecule has 10 nitrogen and oxygen atoms in total. The normalized spacial score (nSPS) is 15.8. The molecule has 1 aromatic heterocycles. The van der Waals surface area contributed by atoms with Crippen molar-refractivity contribution in [2.75, 3.05) is 36.9 Å². The van der Waals surface area contributed by atoms with Crippen molar-refractivity contribution in [2.45, 2.75) is 6.04 Å². The van der Waals surface area contributed by atoms with Crippen LogP contribution < -0.4 is 16.4 Å². The molecule has 11 heteroatoms. The summed E-state index contributed by atoms with van der Waals surface area (Å²) < 4.78 is 5.97. The monoisotopic (exact) mass is 488 g/mol. The number of nitrogens with one attached hydrogen (secondary N) is 3. The van der Waals surface area contributed by atoms with Gasteiger partial charge in [0, 0.05) is 17.8 Å². The molecule has 1 atom stereocenters. The van der Waals surface area contributed by atoms with Crippen LogP contribution in [0.25, 0.3) is 0 Å². The lowest BCUT2D eigenvalue weighted by Crippen LogP contribution is -2.55. The van der Waals surface area contributed by atoms with E-state index in [0.29, 0.717) is 28.3 Å². The third-order valence-corrected chi connectivity index (χ3v) is 5.03. The van der Waals surface area contributed by atoms with Crippen LogP contribution in [0.15, 0.2) is 47.1 Å². The van der Waals surface area contributed by atoms with Gasteiger partial charge in [-0.3, -0.25) is 19.8 Å². The molecule has 1 fully saturated rings. The molecule has 0 radical (unpaired) electrons. The number of carbonyl (C=O) groups excluding carboxylic acids is 3. The molecule has 3 rings (SSSR count). The topological polar surface area (TPSA) is 150 Å². The number of carbonyl (C=O) groups is 3. The molecule has 162 valence electrons. The van der Waals surface area contributed by atoms with E-state index in [1.54, 1.807) is 42.5 Å². The minimum Gasteiger partial charge on any atom is -0.377 e. The maximum absolute atomic E-state index is 12.9. The lowest BCUT2D eigenvalue weighted by molar-refractivity contribution is -0.144. The predicted octanol–water partition coefficient (Wildman–Crippen LogP) is 0.975. The Morgan fingerprint density at radius 2 is 2.00 bits per heavy atom. The van der Waals surface area contributed by atoms with Crippen LogP contribution in [0.1, 0.15) is 5.56 Å². The zero-order valence-electron chi connectivity index (χ0n) is 16.4. The fourth-order valence-corrected chi connectivity index (χ4v) is 3.41. The zero-order valence-corrected chi connectivity index (χ0v) is 18.0. The lowest BCUT2D eigenvalue weighted by atomic mass is 10.1. The Hall–Kier alpha value is -3.31. The van der Waals surface area contributed by atoms with Crippen LogP contribution in [-0.4, -0.2) is 65.7 Å². The van der Waals surface area contributed by atoms with Gasteiger partial charge in [0.05, 0.1) is 19.8 Å². The Morgan fingerprint density at radius 3 is 2.74 bits per heavy atom. The minimum absolute atomic E-state index is 0.0640. The van der Waals surface area contributed by atoms with E-state index < -0.39 is 17.9 Å². The smallest absolute Gasteiger partial charge is 0.267 e. The summed E-state index contributed by atoms with van der Waals surface area (Å²) >= 11 is 3.25. The van der Waals surface area contributed by atoms with Gasteiger partial charge in [-0.2, -0.15) is 0 Å². The third-order valence-electron chi connectivity index (χ3n) is 4.59. The Labute approximate surface area is 186 Å². The van der Waals surface area contributed by atoms with E-state index in [4.69, 9.17) is 15.9 Å². The fourth-order valence-electron chi connectivity index (χ4n) is 3.07. The predicted molar refractivity (Wildman–Crippen MR) is 118 cm³/mol. The number of hydrogen-bond donors (Lipinski definition) is 4. The molecule has 31 heavy (non-hydrogen) atoms. The van der Waals surface area contributed by atoms with Gasteiger partial charge in [-0.05, 0) is 34.1 Å². The molecule has 0 saturated carbocycles. The largest absolute Gasteiger partial charge is 0.377 e. The molecule has 0 bridgehead atoms. The first-order valence-electron chi connectivity index (χ1n) is 9.39. The van der Waals surface area contributed by atoms with E-state index >= 15 is 0 Å². The standard InChI is InChI=1S/C20H21BrN6O4/c21-15-6-3-7-16(25-15)26-20(30)14-11-31-9-8-27(14)17(28)10-24-13-5-2-1-4-12(13)18(22)19(23)29/h1-7,14,22,24H,8-11H2,(H2,23,29)(H,25,26,30)/t14-/m0/s1. The highest BCUT2D eigenvalue weighted by molar-refractivity contribution is 9.10. The first-order valence-corrected chi connectivity index (χ1v) is 10.2. The molecule has 5 N–H and O–H groups in total. The Kier molecular flexibility index (Phi) is 7.32. The summed E-state index contributed by atoms with van der Waals surface area (Å²) in [5.74, 6) is -1.25. The van der Waals surface area contributed by atoms with E-state index in [2.05, 4.69) is 31.5 Å². The molecule has 1 aromatic carbocycles. The zero-order chi connectivity index (χ0) is 22.4. The number of ether oxygens (including phenoxy) is 1. The summed E-state index contributed by atoms with van der Waals surface area (Å²) in [4.78, 5) is 42.6. The first kappa shape index (κ1) is 22.4. The van der Waals surface area contributed by atoms with E-state index in [1.165, 1.54) is 4.90 Å². The number of benzene rings is 1. The number of pyridine rings is 1. The number of rotatable bonds is 7. The van der Waals surface area contributed by atoms with Crippen LogP contribution in [0.3, 0.4) is 0 Å². The maximum atomic E-state index is 12.9. The summed E-state index contributed by atoms with van der Waals surface area (Å²) in [7, 11) is 0. The van der Waals surface area contributed by atoms with Crippen molar-refractivity contribution in [3.05, 3.63) is 52.6 Å². The Bertz CT molecular complexity index is 1010.